The number of carbonyl (C=O) groups is 4. The standard InChI is InChI=1S/C20H15N3O9/c24-16(21-7-11-4-5-14-15(6-11)32-10-31-14)9-30-17(25)8-22-19(26)12-2-1-3-13(23(28)29)18(12)20(22)27/h1-6H,7-10H2,(H,21,24). The summed E-state index contributed by atoms with van der Waals surface area (Å²) in [5.74, 6) is -2.27. The molecule has 2 aromatic carbocycles. The number of nitrogens with one attached hydrogen (secondary N) is 1. The van der Waals surface area contributed by atoms with Gasteiger partial charge in [0, 0.05) is 12.6 Å². The molecule has 1 N–H and O–H groups in total. The zero-order chi connectivity index (χ0) is 22.8. The SMILES string of the molecule is O=C(COC(=O)CN1C(=O)c2cccc([N+](=O)[O-])c2C1=O)NCc1ccc2c(c1)OCO2. The summed E-state index contributed by atoms with van der Waals surface area (Å²) in [6.45, 7) is -1.14. The van der Waals surface area contributed by atoms with Gasteiger partial charge in [-0.3, -0.25) is 34.2 Å². The molecule has 12 heteroatoms. The summed E-state index contributed by atoms with van der Waals surface area (Å²) >= 11 is 0. The highest BCUT2D eigenvalue weighted by Crippen LogP contribution is 2.32. The lowest BCUT2D eigenvalue weighted by molar-refractivity contribution is -0.385. The fraction of sp³-hybridized carbons (Fsp3) is 0.200. The molecule has 0 aromatic heterocycles. The molecule has 2 aromatic rings. The molecule has 0 fully saturated rings. The number of hydrogen-bond donors (Lipinski definition) is 1. The molecule has 12 nitrogen and oxygen atoms in total. The lowest BCUT2D eigenvalue weighted by atomic mass is 10.1. The monoisotopic (exact) mass is 441 g/mol. The zero-order valence-corrected chi connectivity index (χ0v) is 16.4. The number of nitro benzene ring substituents is 1. The van der Waals surface area contributed by atoms with Crippen molar-refractivity contribution in [2.75, 3.05) is 19.9 Å². The first-order chi connectivity index (χ1) is 15.3. The molecule has 0 radical (unpaired) electrons. The maximum atomic E-state index is 12.4. The Labute approximate surface area is 179 Å². The van der Waals surface area contributed by atoms with E-state index in [1.165, 1.54) is 12.1 Å². The minimum Gasteiger partial charge on any atom is -0.454 e. The van der Waals surface area contributed by atoms with E-state index in [4.69, 9.17) is 14.2 Å². The summed E-state index contributed by atoms with van der Waals surface area (Å²) in [5, 5.41) is 13.7. The van der Waals surface area contributed by atoms with E-state index in [0.717, 1.165) is 11.6 Å². The van der Waals surface area contributed by atoms with Crippen LogP contribution in [0.15, 0.2) is 36.4 Å². The van der Waals surface area contributed by atoms with Crippen LogP contribution in [0.25, 0.3) is 0 Å². The van der Waals surface area contributed by atoms with Gasteiger partial charge in [0.05, 0.1) is 10.5 Å². The van der Waals surface area contributed by atoms with Gasteiger partial charge in [-0.05, 0) is 23.8 Å². The normalized spacial score (nSPS) is 13.7. The second kappa shape index (κ2) is 8.34. The molecule has 0 atom stereocenters. The van der Waals surface area contributed by atoms with Crippen LogP contribution < -0.4 is 14.8 Å². The van der Waals surface area contributed by atoms with Crippen molar-refractivity contribution < 1.29 is 38.3 Å². The highest BCUT2D eigenvalue weighted by Gasteiger charge is 2.41. The Hall–Kier alpha value is -4.48. The van der Waals surface area contributed by atoms with Crippen molar-refractivity contribution in [2.45, 2.75) is 6.54 Å². The van der Waals surface area contributed by atoms with Crippen molar-refractivity contribution >= 4 is 29.4 Å². The van der Waals surface area contributed by atoms with Crippen molar-refractivity contribution in [1.29, 1.82) is 0 Å². The number of fused-ring (bicyclic) bond motifs is 2. The van der Waals surface area contributed by atoms with E-state index >= 15 is 0 Å². The molecule has 0 saturated heterocycles. The summed E-state index contributed by atoms with van der Waals surface area (Å²) < 4.78 is 15.3. The summed E-state index contributed by atoms with van der Waals surface area (Å²) in [5.41, 5.74) is -0.337. The Morgan fingerprint density at radius 3 is 2.69 bits per heavy atom. The highest BCUT2D eigenvalue weighted by molar-refractivity contribution is 6.24. The first kappa shape index (κ1) is 20.8. The van der Waals surface area contributed by atoms with Crippen LogP contribution in [0, 0.1) is 10.1 Å². The third kappa shape index (κ3) is 3.93. The second-order valence-electron chi connectivity index (χ2n) is 6.78. The molecule has 2 heterocycles. The Morgan fingerprint density at radius 1 is 1.12 bits per heavy atom. The van der Waals surface area contributed by atoms with Crippen LogP contribution >= 0.6 is 0 Å². The van der Waals surface area contributed by atoms with Gasteiger partial charge in [-0.2, -0.15) is 0 Å². The van der Waals surface area contributed by atoms with E-state index in [9.17, 15) is 29.3 Å². The number of carbonyl (C=O) groups excluding carboxylic acids is 4. The van der Waals surface area contributed by atoms with E-state index in [2.05, 4.69) is 5.32 Å². The van der Waals surface area contributed by atoms with E-state index in [-0.39, 0.29) is 24.5 Å². The molecular weight excluding hydrogens is 426 g/mol. The van der Waals surface area contributed by atoms with Crippen molar-refractivity contribution in [1.82, 2.24) is 10.2 Å². The predicted octanol–water partition coefficient (Wildman–Crippen LogP) is 0.779. The number of ether oxygens (including phenoxy) is 3. The van der Waals surface area contributed by atoms with Gasteiger partial charge >= 0.3 is 5.97 Å². The fourth-order valence-corrected chi connectivity index (χ4v) is 3.23. The van der Waals surface area contributed by atoms with Gasteiger partial charge in [0.2, 0.25) is 6.79 Å². The van der Waals surface area contributed by atoms with Gasteiger partial charge in [-0.15, -0.1) is 0 Å². The topological polar surface area (TPSA) is 154 Å². The molecule has 164 valence electrons. The Bertz CT molecular complexity index is 1160. The number of hydrogen-bond acceptors (Lipinski definition) is 9. The molecule has 4 rings (SSSR count). The summed E-state index contributed by atoms with van der Waals surface area (Å²) in [6.07, 6.45) is 0. The number of esters is 1. The molecule has 2 aliphatic heterocycles. The summed E-state index contributed by atoms with van der Waals surface area (Å²) in [4.78, 5) is 59.7. The number of nitrogens with zero attached hydrogens (tertiary/aromatic N) is 2. The van der Waals surface area contributed by atoms with Crippen LogP contribution in [0.5, 0.6) is 11.5 Å². The lowest BCUT2D eigenvalue weighted by Crippen LogP contribution is -2.37. The molecule has 0 bridgehead atoms. The van der Waals surface area contributed by atoms with Crippen molar-refractivity contribution in [2.24, 2.45) is 0 Å². The number of nitro groups is 1. The molecule has 0 aliphatic carbocycles. The Morgan fingerprint density at radius 2 is 1.91 bits per heavy atom. The van der Waals surface area contributed by atoms with Crippen molar-refractivity contribution in [3.63, 3.8) is 0 Å². The van der Waals surface area contributed by atoms with Crippen LogP contribution in [0.2, 0.25) is 0 Å². The first-order valence-electron chi connectivity index (χ1n) is 9.29. The number of benzene rings is 2. The molecule has 0 spiro atoms. The van der Waals surface area contributed by atoms with Crippen molar-refractivity contribution in [3.05, 3.63) is 63.2 Å². The predicted molar refractivity (Wildman–Crippen MR) is 104 cm³/mol. The van der Waals surface area contributed by atoms with Gasteiger partial charge in [0.15, 0.2) is 18.1 Å². The maximum absolute atomic E-state index is 12.4. The quantitative estimate of drug-likeness (QED) is 0.284. The van der Waals surface area contributed by atoms with E-state index in [0.29, 0.717) is 16.4 Å². The highest BCUT2D eigenvalue weighted by atomic mass is 16.7. The van der Waals surface area contributed by atoms with Crippen LogP contribution in [-0.4, -0.2) is 53.5 Å². The second-order valence-corrected chi connectivity index (χ2v) is 6.78. The fourth-order valence-electron chi connectivity index (χ4n) is 3.23. The summed E-state index contributed by atoms with van der Waals surface area (Å²) in [6, 6.07) is 8.77. The van der Waals surface area contributed by atoms with Crippen LogP contribution in [0.3, 0.4) is 0 Å². The average molecular weight is 441 g/mol. The van der Waals surface area contributed by atoms with E-state index in [1.54, 1.807) is 18.2 Å². The Kier molecular flexibility index (Phi) is 5.41. The van der Waals surface area contributed by atoms with Crippen LogP contribution in [0.1, 0.15) is 26.3 Å². The van der Waals surface area contributed by atoms with E-state index in [1.807, 2.05) is 0 Å². The lowest BCUT2D eigenvalue weighted by Gasteiger charge is -2.13. The van der Waals surface area contributed by atoms with Gasteiger partial charge in [-0.25, -0.2) is 0 Å². The molecule has 0 saturated carbocycles. The average Bonchev–Trinajstić information content (AvgIpc) is 3.34. The minimum atomic E-state index is -1.01. The zero-order valence-electron chi connectivity index (χ0n) is 16.4. The van der Waals surface area contributed by atoms with Gasteiger partial charge < -0.3 is 19.5 Å². The van der Waals surface area contributed by atoms with E-state index < -0.39 is 47.5 Å². The molecule has 2 aliphatic rings. The Balaban J connectivity index is 1.29. The number of imide groups is 1. The largest absolute Gasteiger partial charge is 0.454 e. The first-order valence-corrected chi connectivity index (χ1v) is 9.29. The van der Waals surface area contributed by atoms with Crippen LogP contribution in [0.4, 0.5) is 5.69 Å². The smallest absolute Gasteiger partial charge is 0.326 e. The van der Waals surface area contributed by atoms with Gasteiger partial charge in [0.1, 0.15) is 12.1 Å². The van der Waals surface area contributed by atoms with Crippen molar-refractivity contribution in [3.8, 4) is 11.5 Å². The van der Waals surface area contributed by atoms with Gasteiger partial charge in [-0.1, -0.05) is 12.1 Å². The molecule has 32 heavy (non-hydrogen) atoms. The maximum Gasteiger partial charge on any atom is 0.326 e. The molecular formula is C20H15N3O9. The van der Waals surface area contributed by atoms with Gasteiger partial charge in [0.25, 0.3) is 23.4 Å². The minimum absolute atomic E-state index is 0.127. The van der Waals surface area contributed by atoms with Crippen LogP contribution in [-0.2, 0) is 20.9 Å². The molecule has 3 amide bonds. The number of amides is 3. The third-order valence-corrected chi connectivity index (χ3v) is 4.75. The molecule has 0 unspecified atom stereocenters. The third-order valence-electron chi connectivity index (χ3n) is 4.75. The number of rotatable bonds is 7. The summed E-state index contributed by atoms with van der Waals surface area (Å²) in [7, 11) is 0.